The first-order valence-corrected chi connectivity index (χ1v) is 9.24. The summed E-state index contributed by atoms with van der Waals surface area (Å²) < 4.78 is 49.9. The van der Waals surface area contributed by atoms with E-state index in [4.69, 9.17) is 21.1 Å². The third-order valence-corrected chi connectivity index (χ3v) is 4.51. The van der Waals surface area contributed by atoms with Gasteiger partial charge in [0.2, 0.25) is 0 Å². The Labute approximate surface area is 182 Å². The highest BCUT2D eigenvalue weighted by molar-refractivity contribution is 6.30. The van der Waals surface area contributed by atoms with Crippen LogP contribution in [0, 0.1) is 11.3 Å². The van der Waals surface area contributed by atoms with E-state index in [0.717, 1.165) is 18.3 Å². The predicted octanol–water partition coefficient (Wildman–Crippen LogP) is 5.07. The average Bonchev–Trinajstić information content (AvgIpc) is 2.73. The van der Waals surface area contributed by atoms with E-state index < -0.39 is 29.3 Å². The fraction of sp³-hybridized carbons (Fsp3) is 0.238. The van der Waals surface area contributed by atoms with E-state index in [1.54, 1.807) is 31.2 Å². The number of nitrogens with zero attached hydrogens (tertiary/aromatic N) is 1. The molecule has 0 fully saturated rings. The van der Waals surface area contributed by atoms with E-state index in [1.165, 1.54) is 20.3 Å². The molecule has 2 rings (SSSR count). The largest absolute Gasteiger partial charge is 0.493 e. The van der Waals surface area contributed by atoms with Gasteiger partial charge in [-0.1, -0.05) is 17.7 Å². The fourth-order valence-electron chi connectivity index (χ4n) is 2.66. The molecule has 164 valence electrons. The lowest BCUT2D eigenvalue weighted by molar-refractivity contribution is -0.136. The number of amides is 1. The Kier molecular flexibility index (Phi) is 7.78. The summed E-state index contributed by atoms with van der Waals surface area (Å²) in [5.41, 5.74) is -1.10. The van der Waals surface area contributed by atoms with Crippen molar-refractivity contribution in [1.82, 2.24) is 5.32 Å². The van der Waals surface area contributed by atoms with Crippen LogP contribution in [0.3, 0.4) is 0 Å². The molecule has 1 unspecified atom stereocenters. The van der Waals surface area contributed by atoms with Crippen molar-refractivity contribution in [3.8, 4) is 17.6 Å². The van der Waals surface area contributed by atoms with Gasteiger partial charge >= 0.3 is 6.18 Å². The SMILES string of the molecule is COc1ccc(C(C)NC(=O)/C(C#N)=C\Nc2ccc(Cl)cc2C(F)(F)F)cc1OC. The normalized spacial score (nSPS) is 12.5. The van der Waals surface area contributed by atoms with Crippen LogP contribution < -0.4 is 20.1 Å². The number of rotatable bonds is 7. The van der Waals surface area contributed by atoms with Gasteiger partial charge in [0.05, 0.1) is 31.5 Å². The van der Waals surface area contributed by atoms with Crippen molar-refractivity contribution < 1.29 is 27.4 Å². The average molecular weight is 454 g/mol. The van der Waals surface area contributed by atoms with Gasteiger partial charge in [0.15, 0.2) is 11.5 Å². The maximum Gasteiger partial charge on any atom is 0.418 e. The number of carbonyl (C=O) groups is 1. The highest BCUT2D eigenvalue weighted by Gasteiger charge is 2.33. The van der Waals surface area contributed by atoms with Crippen molar-refractivity contribution in [1.29, 1.82) is 5.26 Å². The van der Waals surface area contributed by atoms with E-state index >= 15 is 0 Å². The first-order valence-electron chi connectivity index (χ1n) is 8.87. The molecular weight excluding hydrogens is 435 g/mol. The lowest BCUT2D eigenvalue weighted by atomic mass is 10.1. The number of nitrogens with one attached hydrogen (secondary N) is 2. The molecule has 0 aromatic heterocycles. The topological polar surface area (TPSA) is 83.4 Å². The highest BCUT2D eigenvalue weighted by Crippen LogP contribution is 2.36. The van der Waals surface area contributed by atoms with Crippen LogP contribution in [0.15, 0.2) is 48.2 Å². The summed E-state index contributed by atoms with van der Waals surface area (Å²) in [4.78, 5) is 12.5. The molecule has 0 aliphatic rings. The summed E-state index contributed by atoms with van der Waals surface area (Å²) in [7, 11) is 2.96. The molecule has 0 radical (unpaired) electrons. The maximum atomic E-state index is 13.2. The molecule has 2 aromatic carbocycles. The van der Waals surface area contributed by atoms with Crippen LogP contribution in [0.25, 0.3) is 0 Å². The third kappa shape index (κ3) is 6.06. The molecule has 2 aromatic rings. The molecule has 0 spiro atoms. The summed E-state index contributed by atoms with van der Waals surface area (Å²) in [6, 6.07) is 9.32. The number of methoxy groups -OCH3 is 2. The number of carbonyl (C=O) groups excluding carboxylic acids is 1. The number of anilines is 1. The summed E-state index contributed by atoms with van der Waals surface area (Å²) in [5, 5.41) is 14.2. The van der Waals surface area contributed by atoms with Crippen LogP contribution in [-0.2, 0) is 11.0 Å². The highest BCUT2D eigenvalue weighted by atomic mass is 35.5. The molecule has 2 N–H and O–H groups in total. The van der Waals surface area contributed by atoms with Gasteiger partial charge in [-0.05, 0) is 42.8 Å². The van der Waals surface area contributed by atoms with Crippen molar-refractivity contribution in [2.75, 3.05) is 19.5 Å². The number of nitriles is 1. The Morgan fingerprint density at radius 2 is 1.84 bits per heavy atom. The molecule has 31 heavy (non-hydrogen) atoms. The first-order chi connectivity index (χ1) is 14.6. The lowest BCUT2D eigenvalue weighted by Crippen LogP contribution is -2.28. The van der Waals surface area contributed by atoms with Crippen LogP contribution >= 0.6 is 11.6 Å². The van der Waals surface area contributed by atoms with Gasteiger partial charge < -0.3 is 20.1 Å². The Morgan fingerprint density at radius 3 is 2.42 bits per heavy atom. The quantitative estimate of drug-likeness (QED) is 0.451. The number of hydrogen-bond acceptors (Lipinski definition) is 5. The van der Waals surface area contributed by atoms with Crippen molar-refractivity contribution in [3.05, 3.63) is 64.3 Å². The second-order valence-electron chi connectivity index (χ2n) is 6.31. The minimum atomic E-state index is -4.67. The van der Waals surface area contributed by atoms with Gasteiger partial charge in [0.25, 0.3) is 5.91 Å². The maximum absolute atomic E-state index is 13.2. The molecule has 0 aliphatic carbocycles. The summed E-state index contributed by atoms with van der Waals surface area (Å²) in [6.07, 6.45) is -3.76. The molecule has 1 amide bonds. The monoisotopic (exact) mass is 453 g/mol. The molecule has 0 saturated heterocycles. The van der Waals surface area contributed by atoms with Crippen LogP contribution in [0.5, 0.6) is 11.5 Å². The Morgan fingerprint density at radius 1 is 1.16 bits per heavy atom. The molecular formula is C21H19ClF3N3O3. The van der Waals surface area contributed by atoms with Crippen LogP contribution in [0.2, 0.25) is 5.02 Å². The van der Waals surface area contributed by atoms with Crippen LogP contribution in [0.4, 0.5) is 18.9 Å². The van der Waals surface area contributed by atoms with Crippen LogP contribution in [-0.4, -0.2) is 20.1 Å². The summed E-state index contributed by atoms with van der Waals surface area (Å²) >= 11 is 5.64. The fourth-order valence-corrected chi connectivity index (χ4v) is 2.83. The van der Waals surface area contributed by atoms with Gasteiger partial charge in [-0.15, -0.1) is 0 Å². The third-order valence-electron chi connectivity index (χ3n) is 4.28. The molecule has 0 heterocycles. The van der Waals surface area contributed by atoms with Crippen molar-refractivity contribution in [2.24, 2.45) is 0 Å². The number of ether oxygens (including phenoxy) is 2. The Hall–Kier alpha value is -3.38. The number of hydrogen-bond donors (Lipinski definition) is 2. The zero-order valence-electron chi connectivity index (χ0n) is 16.8. The van der Waals surface area contributed by atoms with Crippen molar-refractivity contribution >= 4 is 23.2 Å². The van der Waals surface area contributed by atoms with E-state index in [0.29, 0.717) is 17.1 Å². The number of halogens is 4. The molecule has 10 heteroatoms. The molecule has 1 atom stereocenters. The molecule has 6 nitrogen and oxygen atoms in total. The zero-order chi connectivity index (χ0) is 23.2. The number of benzene rings is 2. The number of alkyl halides is 3. The van der Waals surface area contributed by atoms with Gasteiger partial charge in [-0.2, -0.15) is 18.4 Å². The van der Waals surface area contributed by atoms with Gasteiger partial charge in [-0.3, -0.25) is 4.79 Å². The molecule has 0 bridgehead atoms. The van der Waals surface area contributed by atoms with Crippen LogP contribution in [0.1, 0.15) is 24.1 Å². The van der Waals surface area contributed by atoms with E-state index in [9.17, 15) is 23.2 Å². The first kappa shape index (κ1) is 23.9. The van der Waals surface area contributed by atoms with Gasteiger partial charge in [0, 0.05) is 11.2 Å². The Balaban J connectivity index is 2.19. The Bertz CT molecular complexity index is 1030. The van der Waals surface area contributed by atoms with E-state index in [1.807, 2.05) is 0 Å². The molecule has 0 aliphatic heterocycles. The standard InChI is InChI=1S/C21H19ClF3N3O3/c1-12(13-4-7-18(30-2)19(8-13)31-3)28-20(29)14(10-26)11-27-17-6-5-15(22)9-16(17)21(23,24)25/h4-9,11-12,27H,1-3H3,(H,28,29)/b14-11-. The smallest absolute Gasteiger partial charge is 0.418 e. The minimum absolute atomic E-state index is 0.0937. The lowest BCUT2D eigenvalue weighted by Gasteiger charge is -2.16. The van der Waals surface area contributed by atoms with E-state index in [-0.39, 0.29) is 10.7 Å². The zero-order valence-corrected chi connectivity index (χ0v) is 17.6. The summed E-state index contributed by atoms with van der Waals surface area (Å²) in [5.74, 6) is 0.205. The summed E-state index contributed by atoms with van der Waals surface area (Å²) in [6.45, 7) is 1.68. The van der Waals surface area contributed by atoms with E-state index in [2.05, 4.69) is 10.6 Å². The predicted molar refractivity (Wildman–Crippen MR) is 110 cm³/mol. The molecule has 0 saturated carbocycles. The second-order valence-corrected chi connectivity index (χ2v) is 6.75. The van der Waals surface area contributed by atoms with Gasteiger partial charge in [0.1, 0.15) is 11.6 Å². The minimum Gasteiger partial charge on any atom is -0.493 e. The van der Waals surface area contributed by atoms with Gasteiger partial charge in [-0.25, -0.2) is 0 Å². The van der Waals surface area contributed by atoms with Crippen molar-refractivity contribution in [2.45, 2.75) is 19.1 Å². The van der Waals surface area contributed by atoms with Crippen molar-refractivity contribution in [3.63, 3.8) is 0 Å². The second kappa shape index (κ2) is 10.1.